The van der Waals surface area contributed by atoms with Gasteiger partial charge in [0.05, 0.1) is 34.0 Å². The number of hydrogen-bond acceptors (Lipinski definition) is 13. The number of ether oxygens (including phenoxy) is 5. The summed E-state index contributed by atoms with van der Waals surface area (Å²) < 4.78 is 29.3. The van der Waals surface area contributed by atoms with E-state index in [9.17, 15) is 19.8 Å². The molecule has 9 atom stereocenters. The summed E-state index contributed by atoms with van der Waals surface area (Å²) in [5.41, 5.74) is -1.49. The van der Waals surface area contributed by atoms with E-state index in [2.05, 4.69) is 27.8 Å². The van der Waals surface area contributed by atoms with Gasteiger partial charge in [0.15, 0.2) is 11.7 Å². The van der Waals surface area contributed by atoms with Crippen molar-refractivity contribution in [3.8, 4) is 11.5 Å². The Morgan fingerprint density at radius 1 is 1.00 bits per heavy atom. The van der Waals surface area contributed by atoms with Crippen molar-refractivity contribution in [2.75, 3.05) is 80.2 Å². The number of fused-ring (bicyclic) bond motifs is 6. The van der Waals surface area contributed by atoms with Crippen LogP contribution >= 0.6 is 0 Å². The van der Waals surface area contributed by atoms with Gasteiger partial charge in [-0.3, -0.25) is 19.4 Å². The third-order valence-corrected chi connectivity index (χ3v) is 15.2. The van der Waals surface area contributed by atoms with Gasteiger partial charge in [0.25, 0.3) is 0 Å². The molecular weight excluding hydrogens is 805 g/mol. The molecule has 14 heteroatoms. The Bertz CT molecular complexity index is 2270. The normalized spacial score (nSPS) is 30.7. The molecule has 14 nitrogen and oxygen atoms in total. The van der Waals surface area contributed by atoms with Crippen LogP contribution in [0.4, 0.5) is 5.69 Å². The highest BCUT2D eigenvalue weighted by Gasteiger charge is 2.65. The number of nitrogens with one attached hydrogen (secondary N) is 1. The number of aromatic amines is 1. The lowest BCUT2D eigenvalue weighted by molar-refractivity contribution is -0.200. The van der Waals surface area contributed by atoms with Crippen molar-refractivity contribution in [3.63, 3.8) is 0 Å². The molecule has 0 saturated carbocycles. The number of benzene rings is 2. The van der Waals surface area contributed by atoms with Gasteiger partial charge < -0.3 is 43.8 Å². The van der Waals surface area contributed by atoms with Crippen LogP contribution in [0.15, 0.2) is 42.5 Å². The molecule has 4 aliphatic rings. The predicted molar refractivity (Wildman–Crippen MR) is 240 cm³/mol. The number of esters is 3. The van der Waals surface area contributed by atoms with Crippen LogP contribution < -0.4 is 14.4 Å². The van der Waals surface area contributed by atoms with Crippen LogP contribution in [0.2, 0.25) is 0 Å². The summed E-state index contributed by atoms with van der Waals surface area (Å²) in [7, 11) is 9.87. The molecule has 0 radical (unpaired) electrons. The molecule has 2 saturated heterocycles. The number of H-pyrrole nitrogens is 1. The van der Waals surface area contributed by atoms with Gasteiger partial charge in [0.1, 0.15) is 16.9 Å². The first-order valence-corrected chi connectivity index (χ1v) is 22.3. The maximum Gasteiger partial charge on any atom is 0.341 e. The maximum atomic E-state index is 15.4. The van der Waals surface area contributed by atoms with Crippen LogP contribution in [0.1, 0.15) is 89.1 Å². The smallest absolute Gasteiger partial charge is 0.341 e. The number of anilines is 1. The van der Waals surface area contributed by atoms with E-state index in [0.29, 0.717) is 88.3 Å². The van der Waals surface area contributed by atoms with Crippen molar-refractivity contribution in [2.24, 2.45) is 11.3 Å². The van der Waals surface area contributed by atoms with Gasteiger partial charge in [-0.1, -0.05) is 32.9 Å². The van der Waals surface area contributed by atoms with Gasteiger partial charge in [-0.05, 0) is 93.3 Å². The lowest BCUT2D eigenvalue weighted by atomic mass is 9.57. The van der Waals surface area contributed by atoms with Crippen molar-refractivity contribution in [1.82, 2.24) is 14.8 Å². The summed E-state index contributed by atoms with van der Waals surface area (Å²) in [6.45, 7) is 12.0. The molecule has 4 aliphatic heterocycles. The minimum Gasteiger partial charge on any atom is -0.497 e. The summed E-state index contributed by atoms with van der Waals surface area (Å²) in [6.07, 6.45) is 5.77. The summed E-state index contributed by atoms with van der Waals surface area (Å²) in [6, 6.07) is 9.64. The van der Waals surface area contributed by atoms with Crippen LogP contribution in [0, 0.1) is 11.3 Å². The minimum atomic E-state index is -2.21. The second-order valence-electron chi connectivity index (χ2n) is 19.2. The van der Waals surface area contributed by atoms with Gasteiger partial charge in [0.2, 0.25) is 0 Å². The Hall–Kier alpha value is -4.63. The van der Waals surface area contributed by atoms with Crippen LogP contribution in [-0.2, 0) is 45.8 Å². The summed E-state index contributed by atoms with van der Waals surface area (Å²) in [5.74, 6) is -0.908. The topological polar surface area (TPSA) is 163 Å². The fourth-order valence-electron chi connectivity index (χ4n) is 12.4. The predicted octanol–water partition coefficient (Wildman–Crippen LogP) is 5.27. The zero-order valence-electron chi connectivity index (χ0n) is 39.1. The van der Waals surface area contributed by atoms with Crippen molar-refractivity contribution < 1.29 is 48.3 Å². The second kappa shape index (κ2) is 17.1. The Morgan fingerprint density at radius 2 is 1.75 bits per heavy atom. The summed E-state index contributed by atoms with van der Waals surface area (Å²) in [4.78, 5) is 52.4. The van der Waals surface area contributed by atoms with Crippen molar-refractivity contribution in [3.05, 3.63) is 64.9 Å². The fraction of sp³-hybridized carbons (Fsp3) is 0.612. The van der Waals surface area contributed by atoms with E-state index in [1.165, 1.54) is 28.1 Å². The minimum absolute atomic E-state index is 0.116. The molecule has 3 aromatic rings. The zero-order valence-corrected chi connectivity index (χ0v) is 39.1. The van der Waals surface area contributed by atoms with Crippen LogP contribution in [0.3, 0.4) is 0 Å². The quantitative estimate of drug-likeness (QED) is 0.123. The largest absolute Gasteiger partial charge is 0.497 e. The van der Waals surface area contributed by atoms with Gasteiger partial charge in [-0.25, -0.2) is 4.79 Å². The van der Waals surface area contributed by atoms with Crippen molar-refractivity contribution >= 4 is 34.5 Å². The molecule has 2 fully saturated rings. The first-order valence-electron chi connectivity index (χ1n) is 22.3. The first-order chi connectivity index (χ1) is 29.8. The molecule has 0 amide bonds. The molecule has 1 aromatic heterocycles. The van der Waals surface area contributed by atoms with Crippen LogP contribution in [0.25, 0.3) is 10.9 Å². The number of piperidine rings is 1. The Balaban J connectivity index is 1.56. The van der Waals surface area contributed by atoms with Gasteiger partial charge in [0, 0.05) is 98.0 Å². The monoisotopic (exact) mass is 872 g/mol. The zero-order chi connectivity index (χ0) is 45.9. The van der Waals surface area contributed by atoms with Crippen molar-refractivity contribution in [2.45, 2.75) is 107 Å². The number of rotatable bonds is 12. The lowest BCUT2D eigenvalue weighted by Crippen LogP contribution is -2.66. The number of aliphatic hydroxyl groups is 2. The van der Waals surface area contributed by atoms with Gasteiger partial charge >= 0.3 is 17.9 Å². The van der Waals surface area contributed by atoms with E-state index in [0.717, 1.165) is 33.4 Å². The molecule has 0 aliphatic carbocycles. The maximum absolute atomic E-state index is 15.4. The third kappa shape index (κ3) is 7.48. The summed E-state index contributed by atoms with van der Waals surface area (Å²) in [5, 5.41) is 25.1. The standard InChI is InChI=1S/C49H68N4O10/c1-12-47(58)26-31-27-49(44(56)62-11,40-33(17-21-52(28-31)29-47)34-23-32(59-8)15-16-37(34)50-40)36-24-35(38(51(6)7)25-39(36)60-9)45(4)19-22-53-20-14-18-48(13-2,41(45)53)42(63-30(3)54)46(5,57)43(55)61-10/h14-16,18,23-25,31,41-42,50,57-58H,12-13,17,19-22,26-29H2,1-11H3/t31-,41?,42-,45-,46?,47-,48+,49-/m0/s1. The van der Waals surface area contributed by atoms with E-state index in [4.69, 9.17) is 23.7 Å². The van der Waals surface area contributed by atoms with E-state index in [1.807, 2.05) is 69.3 Å². The molecule has 5 heterocycles. The molecule has 3 unspecified atom stereocenters. The molecule has 2 aromatic carbocycles. The SMILES string of the molecule is CC[C@]1(O)C[C@@H]2CN(CCc3c([nH]c4ccc(OC)cc34)[C@@](C(=O)OC)(c3cc([C@]4(C)CCN5CC=C[C@@](CC)([C@@H](OC(C)=O)C(C)(O)C(=O)OC)C54)c(N(C)C)cc3OC)C2)C1. The Morgan fingerprint density at radius 3 is 2.37 bits per heavy atom. The Labute approximate surface area is 371 Å². The molecular formula is C49H68N4O10. The molecule has 2 bridgehead atoms. The molecule has 3 N–H and O–H groups in total. The fourth-order valence-corrected chi connectivity index (χ4v) is 12.4. The molecule has 63 heavy (non-hydrogen) atoms. The van der Waals surface area contributed by atoms with Crippen LogP contribution in [0.5, 0.6) is 11.5 Å². The molecule has 344 valence electrons. The van der Waals surface area contributed by atoms with Gasteiger partial charge in [-0.15, -0.1) is 0 Å². The Kier molecular flexibility index (Phi) is 12.6. The number of hydrogen-bond donors (Lipinski definition) is 3. The van der Waals surface area contributed by atoms with E-state index >= 15 is 4.79 Å². The summed E-state index contributed by atoms with van der Waals surface area (Å²) >= 11 is 0. The highest BCUT2D eigenvalue weighted by Crippen LogP contribution is 2.58. The number of aromatic nitrogens is 1. The molecule has 7 rings (SSSR count). The van der Waals surface area contributed by atoms with Crippen molar-refractivity contribution in [1.29, 1.82) is 0 Å². The highest BCUT2D eigenvalue weighted by atomic mass is 16.6. The van der Waals surface area contributed by atoms with E-state index in [-0.39, 0.29) is 5.92 Å². The third-order valence-electron chi connectivity index (χ3n) is 15.2. The van der Waals surface area contributed by atoms with E-state index < -0.39 is 57.5 Å². The lowest BCUT2D eigenvalue weighted by Gasteiger charge is -2.55. The second-order valence-corrected chi connectivity index (χ2v) is 19.2. The van der Waals surface area contributed by atoms with Crippen LogP contribution in [-0.4, -0.2) is 142 Å². The van der Waals surface area contributed by atoms with E-state index in [1.54, 1.807) is 14.2 Å². The number of methoxy groups -OCH3 is 4. The first kappa shape index (κ1) is 46.4. The number of carbonyl (C=O) groups excluding carboxylic acids is 3. The average molecular weight is 873 g/mol. The highest BCUT2D eigenvalue weighted by molar-refractivity contribution is 5.94. The number of carbonyl (C=O) groups is 3. The van der Waals surface area contributed by atoms with Gasteiger partial charge in [-0.2, -0.15) is 0 Å². The number of nitrogens with zero attached hydrogens (tertiary/aromatic N) is 3. The average Bonchev–Trinajstić information content (AvgIpc) is 3.83. The molecule has 0 spiro atoms.